The van der Waals surface area contributed by atoms with Crippen LogP contribution >= 0.6 is 0 Å². The molecular formula is C19H21FN4O2. The third-order valence-electron chi connectivity index (χ3n) is 5.18. The molecular weight excluding hydrogens is 335 g/mol. The first kappa shape index (κ1) is 16.9. The molecule has 0 spiro atoms. The summed E-state index contributed by atoms with van der Waals surface area (Å²) in [5, 5.41) is 3.24. The molecule has 3 atom stereocenters. The molecule has 7 heteroatoms. The van der Waals surface area contributed by atoms with Gasteiger partial charge in [-0.3, -0.25) is 4.79 Å². The molecule has 136 valence electrons. The summed E-state index contributed by atoms with van der Waals surface area (Å²) in [5.74, 6) is 0.805. The second-order valence-corrected chi connectivity index (χ2v) is 6.82. The predicted molar refractivity (Wildman–Crippen MR) is 93.9 cm³/mol. The molecule has 0 saturated carbocycles. The lowest BCUT2D eigenvalue weighted by Crippen LogP contribution is -2.33. The molecule has 1 aromatic carbocycles. The molecule has 6 nitrogen and oxygen atoms in total. The van der Waals surface area contributed by atoms with Gasteiger partial charge in [-0.2, -0.15) is 0 Å². The number of amides is 1. The van der Waals surface area contributed by atoms with Gasteiger partial charge in [-0.05, 0) is 17.7 Å². The zero-order valence-electron chi connectivity index (χ0n) is 14.3. The number of carbonyl (C=O) groups is 1. The second kappa shape index (κ2) is 7.37. The highest BCUT2D eigenvalue weighted by molar-refractivity contribution is 5.79. The second-order valence-electron chi connectivity index (χ2n) is 6.82. The zero-order valence-corrected chi connectivity index (χ0v) is 14.3. The number of nitrogens with zero attached hydrogens (tertiary/aromatic N) is 3. The molecule has 1 N–H and O–H groups in total. The maximum absolute atomic E-state index is 13.8. The average molecular weight is 356 g/mol. The van der Waals surface area contributed by atoms with E-state index in [0.717, 1.165) is 0 Å². The van der Waals surface area contributed by atoms with Crippen LogP contribution in [-0.2, 0) is 16.0 Å². The van der Waals surface area contributed by atoms with E-state index in [1.807, 2.05) is 0 Å². The van der Waals surface area contributed by atoms with Crippen LogP contribution in [-0.4, -0.2) is 53.1 Å². The number of carbonyl (C=O) groups excluding carboxylic acids is 1. The van der Waals surface area contributed by atoms with Gasteiger partial charge >= 0.3 is 0 Å². The first-order chi connectivity index (χ1) is 12.7. The normalized spacial score (nSPS) is 24.5. The van der Waals surface area contributed by atoms with Crippen LogP contribution in [0.15, 0.2) is 42.7 Å². The number of hydrogen-bond acceptors (Lipinski definition) is 5. The Morgan fingerprint density at radius 3 is 2.85 bits per heavy atom. The first-order valence-electron chi connectivity index (χ1n) is 8.84. The van der Waals surface area contributed by atoms with E-state index in [-0.39, 0.29) is 30.2 Å². The largest absolute Gasteiger partial charge is 0.376 e. The molecule has 2 aliphatic heterocycles. The van der Waals surface area contributed by atoms with E-state index in [9.17, 15) is 9.18 Å². The fraction of sp³-hybridized carbons (Fsp3) is 0.421. The summed E-state index contributed by atoms with van der Waals surface area (Å²) >= 11 is 0. The van der Waals surface area contributed by atoms with Gasteiger partial charge < -0.3 is 15.0 Å². The van der Waals surface area contributed by atoms with Gasteiger partial charge in [-0.1, -0.05) is 18.2 Å². The van der Waals surface area contributed by atoms with Crippen LogP contribution in [0.1, 0.15) is 5.56 Å². The number of benzene rings is 1. The minimum absolute atomic E-state index is 0.0498. The molecule has 2 aromatic rings. The van der Waals surface area contributed by atoms with Crippen molar-refractivity contribution >= 4 is 11.9 Å². The van der Waals surface area contributed by atoms with Crippen LogP contribution < -0.4 is 5.32 Å². The van der Waals surface area contributed by atoms with Gasteiger partial charge in [0.05, 0.1) is 19.1 Å². The van der Waals surface area contributed by atoms with Gasteiger partial charge in [0.15, 0.2) is 0 Å². The average Bonchev–Trinajstić information content (AvgIpc) is 3.24. The van der Waals surface area contributed by atoms with Gasteiger partial charge in [0.1, 0.15) is 5.82 Å². The van der Waals surface area contributed by atoms with Crippen molar-refractivity contribution in [3.8, 4) is 0 Å². The molecule has 1 amide bonds. The number of fused-ring (bicyclic) bond motifs is 1. The predicted octanol–water partition coefficient (Wildman–Crippen LogP) is 1.74. The van der Waals surface area contributed by atoms with Gasteiger partial charge in [0, 0.05) is 43.9 Å². The lowest BCUT2D eigenvalue weighted by molar-refractivity contribution is -0.130. The van der Waals surface area contributed by atoms with E-state index >= 15 is 0 Å². The molecule has 0 bridgehead atoms. The van der Waals surface area contributed by atoms with E-state index in [2.05, 4.69) is 15.3 Å². The summed E-state index contributed by atoms with van der Waals surface area (Å²) in [6.07, 6.45) is 3.54. The molecule has 3 heterocycles. The Kier molecular flexibility index (Phi) is 4.79. The highest BCUT2D eigenvalue weighted by Crippen LogP contribution is 2.34. The summed E-state index contributed by atoms with van der Waals surface area (Å²) in [7, 11) is 0. The Morgan fingerprint density at radius 1 is 1.23 bits per heavy atom. The van der Waals surface area contributed by atoms with Crippen molar-refractivity contribution in [1.29, 1.82) is 0 Å². The number of ether oxygens (including phenoxy) is 1. The Bertz CT molecular complexity index is 773. The Labute approximate surface area is 151 Å². The van der Waals surface area contributed by atoms with Crippen molar-refractivity contribution in [3.05, 3.63) is 54.1 Å². The van der Waals surface area contributed by atoms with Gasteiger partial charge in [-0.15, -0.1) is 0 Å². The third kappa shape index (κ3) is 3.53. The van der Waals surface area contributed by atoms with Gasteiger partial charge in [-0.25, -0.2) is 14.4 Å². The summed E-state index contributed by atoms with van der Waals surface area (Å²) < 4.78 is 19.7. The molecule has 0 radical (unpaired) electrons. The number of nitrogens with one attached hydrogen (secondary N) is 1. The molecule has 4 rings (SSSR count). The van der Waals surface area contributed by atoms with E-state index < -0.39 is 0 Å². The smallest absolute Gasteiger partial charge is 0.227 e. The highest BCUT2D eigenvalue weighted by atomic mass is 19.1. The van der Waals surface area contributed by atoms with Crippen LogP contribution in [0.3, 0.4) is 0 Å². The molecule has 26 heavy (non-hydrogen) atoms. The van der Waals surface area contributed by atoms with E-state index in [0.29, 0.717) is 43.7 Å². The standard InChI is InChI=1S/C19H21FN4O2/c20-16-5-2-1-4-13(16)8-18(25)24-10-15-14(12-26-17(15)11-24)9-23-19-21-6-3-7-22-19/h1-7,14-15,17H,8-12H2,(H,21,22,23)/t14-,15+,17+/m0/s1. The fourth-order valence-corrected chi connectivity index (χ4v) is 3.74. The van der Waals surface area contributed by atoms with E-state index in [1.54, 1.807) is 41.6 Å². The SMILES string of the molecule is O=C(Cc1ccccc1F)N1C[C@@H]2[C@@H](CNc3ncccn3)CO[C@@H]2C1. The Hall–Kier alpha value is -2.54. The van der Waals surface area contributed by atoms with Crippen LogP contribution in [0.2, 0.25) is 0 Å². The van der Waals surface area contributed by atoms with Gasteiger partial charge in [0.2, 0.25) is 11.9 Å². The fourth-order valence-electron chi connectivity index (χ4n) is 3.74. The van der Waals surface area contributed by atoms with Crippen LogP contribution in [0, 0.1) is 17.7 Å². The number of hydrogen-bond donors (Lipinski definition) is 1. The van der Waals surface area contributed by atoms with Crippen molar-refractivity contribution in [3.63, 3.8) is 0 Å². The molecule has 2 saturated heterocycles. The minimum Gasteiger partial charge on any atom is -0.376 e. The summed E-state index contributed by atoms with van der Waals surface area (Å²) in [6, 6.07) is 8.20. The topological polar surface area (TPSA) is 67.4 Å². The van der Waals surface area contributed by atoms with Crippen LogP contribution in [0.5, 0.6) is 0 Å². The van der Waals surface area contributed by atoms with Crippen LogP contribution in [0.4, 0.5) is 10.3 Å². The monoisotopic (exact) mass is 356 g/mol. The van der Waals surface area contributed by atoms with Crippen molar-refractivity contribution in [2.24, 2.45) is 11.8 Å². The van der Waals surface area contributed by atoms with Crippen molar-refractivity contribution in [2.45, 2.75) is 12.5 Å². The van der Waals surface area contributed by atoms with Crippen LogP contribution in [0.25, 0.3) is 0 Å². The number of halogens is 1. The van der Waals surface area contributed by atoms with E-state index in [1.165, 1.54) is 6.07 Å². The third-order valence-corrected chi connectivity index (χ3v) is 5.18. The maximum Gasteiger partial charge on any atom is 0.227 e. The first-order valence-corrected chi connectivity index (χ1v) is 8.84. The van der Waals surface area contributed by atoms with Crippen molar-refractivity contribution < 1.29 is 13.9 Å². The van der Waals surface area contributed by atoms with Gasteiger partial charge in [0.25, 0.3) is 0 Å². The van der Waals surface area contributed by atoms with E-state index in [4.69, 9.17) is 4.74 Å². The maximum atomic E-state index is 13.8. The molecule has 0 unspecified atom stereocenters. The number of rotatable bonds is 5. The molecule has 0 aliphatic carbocycles. The zero-order chi connectivity index (χ0) is 17.9. The summed E-state index contributed by atoms with van der Waals surface area (Å²) in [4.78, 5) is 22.7. The van der Waals surface area contributed by atoms with Crippen molar-refractivity contribution in [1.82, 2.24) is 14.9 Å². The number of anilines is 1. The quantitative estimate of drug-likeness (QED) is 0.884. The number of likely N-dealkylation sites (tertiary alicyclic amines) is 1. The summed E-state index contributed by atoms with van der Waals surface area (Å²) in [6.45, 7) is 2.61. The molecule has 2 fully saturated rings. The minimum atomic E-state index is -0.332. The Balaban J connectivity index is 1.34. The lowest BCUT2D eigenvalue weighted by Gasteiger charge is -2.20. The highest BCUT2D eigenvalue weighted by Gasteiger charge is 2.44. The molecule has 2 aliphatic rings. The number of aromatic nitrogens is 2. The van der Waals surface area contributed by atoms with Crippen molar-refractivity contribution in [2.75, 3.05) is 31.6 Å². The summed E-state index contributed by atoms with van der Waals surface area (Å²) in [5.41, 5.74) is 0.440. The Morgan fingerprint density at radius 2 is 2.04 bits per heavy atom. The lowest BCUT2D eigenvalue weighted by atomic mass is 9.93. The molecule has 1 aromatic heterocycles.